The second kappa shape index (κ2) is 17.6. The smallest absolute Gasteiger partial charge is 0.246 e. The number of rotatable bonds is 15. The van der Waals surface area contributed by atoms with Gasteiger partial charge in [-0.3, -0.25) is 33.6 Å². The molecule has 0 bridgehead atoms. The van der Waals surface area contributed by atoms with Gasteiger partial charge in [-0.15, -0.1) is 23.5 Å². The van der Waals surface area contributed by atoms with E-state index < -0.39 is 40.9 Å². The maximum absolute atomic E-state index is 14.8. The van der Waals surface area contributed by atoms with Crippen molar-refractivity contribution in [2.45, 2.75) is 142 Å². The fraction of sp³-hybridized carbons (Fsp3) is 0.725. The highest BCUT2D eigenvalue weighted by Gasteiger charge is 2.53. The van der Waals surface area contributed by atoms with Crippen LogP contribution in [0.25, 0.3) is 0 Å². The van der Waals surface area contributed by atoms with Crippen LogP contribution < -0.4 is 5.32 Å². The molecule has 2 aliphatic heterocycles. The van der Waals surface area contributed by atoms with E-state index in [1.54, 1.807) is 35.3 Å². The zero-order valence-corrected chi connectivity index (χ0v) is 34.0. The Hall–Kier alpha value is -2.73. The molecule has 12 heteroatoms. The summed E-state index contributed by atoms with van der Waals surface area (Å²) in [6.45, 7) is 14.2. The zero-order chi connectivity index (χ0) is 38.5. The van der Waals surface area contributed by atoms with Crippen molar-refractivity contribution < 1.29 is 33.6 Å². The van der Waals surface area contributed by atoms with Crippen molar-refractivity contribution in [2.75, 3.05) is 18.1 Å². The summed E-state index contributed by atoms with van der Waals surface area (Å²) in [7, 11) is 0. The van der Waals surface area contributed by atoms with Gasteiger partial charge in [-0.1, -0.05) is 53.4 Å². The normalized spacial score (nSPS) is 21.0. The number of aromatic nitrogens is 1. The molecule has 1 saturated carbocycles. The van der Waals surface area contributed by atoms with Crippen molar-refractivity contribution in [1.29, 1.82) is 0 Å². The standard InChI is InChI=1S/C40H59N3O7S2/c1-9-14-28(35(48)26(5)45)19-31(46)30-21-40(51-17-13-18-52-40)22-43(30)38(50)36(39(6,7)8)42-37(49)29(27-15-11-10-12-16-27)20-32(47)34-33(25(4)44)23(2)24(3)41-34/h27-30,36,41H,9-22H2,1-8H3,(H,42,49)/t28-,29+,30+,36-/m1/s1. The Morgan fingerprint density at radius 3 is 2.13 bits per heavy atom. The van der Waals surface area contributed by atoms with Gasteiger partial charge in [0, 0.05) is 55.8 Å². The summed E-state index contributed by atoms with van der Waals surface area (Å²) in [6, 6.07) is -1.77. The third kappa shape index (κ3) is 9.68. The Morgan fingerprint density at radius 2 is 1.58 bits per heavy atom. The summed E-state index contributed by atoms with van der Waals surface area (Å²) in [6.07, 6.45) is 6.87. The van der Waals surface area contributed by atoms with Crippen LogP contribution in [0.4, 0.5) is 0 Å². The largest absolute Gasteiger partial charge is 0.355 e. The van der Waals surface area contributed by atoms with Gasteiger partial charge in [0.25, 0.3) is 0 Å². The van der Waals surface area contributed by atoms with Crippen LogP contribution in [0.1, 0.15) is 144 Å². The number of thioether (sulfide) groups is 2. The van der Waals surface area contributed by atoms with Crippen molar-refractivity contribution in [3.05, 3.63) is 22.5 Å². The van der Waals surface area contributed by atoms with Gasteiger partial charge in [0.15, 0.2) is 23.1 Å². The number of aromatic amines is 1. The lowest BCUT2D eigenvalue weighted by atomic mass is 9.76. The highest BCUT2D eigenvalue weighted by Crippen LogP contribution is 2.51. The number of ketones is 5. The number of nitrogens with one attached hydrogen (secondary N) is 2. The maximum Gasteiger partial charge on any atom is 0.246 e. The molecule has 288 valence electrons. The van der Waals surface area contributed by atoms with E-state index in [0.29, 0.717) is 31.4 Å². The van der Waals surface area contributed by atoms with Crippen LogP contribution in [-0.4, -0.2) is 84.8 Å². The average molecular weight is 758 g/mol. The van der Waals surface area contributed by atoms with E-state index in [-0.39, 0.29) is 57.7 Å². The fourth-order valence-corrected chi connectivity index (χ4v) is 11.6. The minimum Gasteiger partial charge on any atom is -0.355 e. The highest BCUT2D eigenvalue weighted by atomic mass is 32.2. The monoisotopic (exact) mass is 757 g/mol. The summed E-state index contributed by atoms with van der Waals surface area (Å²) in [4.78, 5) is 99.5. The number of carbonyl (C=O) groups excluding carboxylic acids is 7. The lowest BCUT2D eigenvalue weighted by Gasteiger charge is -2.38. The SMILES string of the molecule is CCC[C@H](CC(=O)[C@@H]1CC2(CN1C(=O)[C@@H](NC(=O)[C@@H](CC(=O)c1[nH]c(C)c(C)c1C(C)=O)C1CCCCC1)C(C)(C)C)SCCCS2)C(=O)C(C)=O. The first kappa shape index (κ1) is 42.0. The quantitative estimate of drug-likeness (QED) is 0.145. The van der Waals surface area contributed by atoms with Crippen LogP contribution in [0.3, 0.4) is 0 Å². The number of Topliss-reactive ketones (excluding diaryl/α,β-unsaturated/α-hetero) is 5. The molecule has 2 saturated heterocycles. The fourth-order valence-electron chi connectivity index (χ4n) is 8.27. The summed E-state index contributed by atoms with van der Waals surface area (Å²) in [5.41, 5.74) is 1.31. The molecule has 4 rings (SSSR count). The molecule has 0 aromatic carbocycles. The molecule has 1 aliphatic carbocycles. The molecule has 2 amide bonds. The minimum atomic E-state index is -0.988. The van der Waals surface area contributed by atoms with E-state index >= 15 is 0 Å². The van der Waals surface area contributed by atoms with Gasteiger partial charge in [-0.25, -0.2) is 0 Å². The highest BCUT2D eigenvalue weighted by molar-refractivity contribution is 8.18. The molecule has 0 unspecified atom stereocenters. The number of likely N-dealkylation sites (tertiary alicyclic amines) is 1. The van der Waals surface area contributed by atoms with E-state index in [0.717, 1.165) is 61.3 Å². The molecule has 3 heterocycles. The van der Waals surface area contributed by atoms with Crippen LogP contribution in [0.5, 0.6) is 0 Å². The number of amides is 2. The van der Waals surface area contributed by atoms with Crippen LogP contribution in [0.2, 0.25) is 0 Å². The number of hydrogen-bond donors (Lipinski definition) is 2. The van der Waals surface area contributed by atoms with Crippen molar-refractivity contribution in [2.24, 2.45) is 23.2 Å². The average Bonchev–Trinajstić information content (AvgIpc) is 3.61. The summed E-state index contributed by atoms with van der Waals surface area (Å²) >= 11 is 3.53. The molecule has 4 atom stereocenters. The third-order valence-corrected chi connectivity index (χ3v) is 14.6. The van der Waals surface area contributed by atoms with Gasteiger partial charge in [0.05, 0.1) is 15.8 Å². The Kier molecular flexibility index (Phi) is 14.2. The predicted molar refractivity (Wildman–Crippen MR) is 207 cm³/mol. The number of carbonyl (C=O) groups is 7. The first-order valence-electron chi connectivity index (χ1n) is 19.1. The molecule has 1 aromatic heterocycles. The Morgan fingerprint density at radius 1 is 0.942 bits per heavy atom. The Labute approximate surface area is 317 Å². The molecule has 1 aromatic rings. The van der Waals surface area contributed by atoms with Gasteiger partial charge in [0.1, 0.15) is 6.04 Å². The first-order chi connectivity index (χ1) is 24.4. The van der Waals surface area contributed by atoms with Gasteiger partial charge < -0.3 is 15.2 Å². The molecule has 10 nitrogen and oxygen atoms in total. The Balaban J connectivity index is 1.65. The molecule has 3 fully saturated rings. The summed E-state index contributed by atoms with van der Waals surface area (Å²) < 4.78 is -0.372. The van der Waals surface area contributed by atoms with Crippen molar-refractivity contribution in [3.63, 3.8) is 0 Å². The minimum absolute atomic E-state index is 0.0555. The molecule has 3 aliphatic rings. The van der Waals surface area contributed by atoms with Crippen LogP contribution in [0.15, 0.2) is 0 Å². The van der Waals surface area contributed by atoms with E-state index in [9.17, 15) is 33.6 Å². The number of hydrogen-bond acceptors (Lipinski definition) is 9. The van der Waals surface area contributed by atoms with Gasteiger partial charge >= 0.3 is 0 Å². The lowest BCUT2D eigenvalue weighted by Crippen LogP contribution is -2.58. The molecule has 52 heavy (non-hydrogen) atoms. The molecular weight excluding hydrogens is 699 g/mol. The van der Waals surface area contributed by atoms with Crippen LogP contribution in [-0.2, 0) is 24.0 Å². The van der Waals surface area contributed by atoms with Crippen molar-refractivity contribution in [1.82, 2.24) is 15.2 Å². The molecular formula is C40H59N3O7S2. The van der Waals surface area contributed by atoms with Crippen LogP contribution >= 0.6 is 23.5 Å². The first-order valence-corrected chi connectivity index (χ1v) is 21.1. The van der Waals surface area contributed by atoms with E-state index in [1.807, 2.05) is 34.6 Å². The number of H-pyrrole nitrogens is 1. The summed E-state index contributed by atoms with van der Waals surface area (Å²) in [5.74, 6) is -2.23. The van der Waals surface area contributed by atoms with E-state index in [1.165, 1.54) is 13.8 Å². The van der Waals surface area contributed by atoms with Gasteiger partial charge in [-0.2, -0.15) is 0 Å². The van der Waals surface area contributed by atoms with Gasteiger partial charge in [0.2, 0.25) is 17.6 Å². The molecule has 1 spiro atoms. The third-order valence-electron chi connectivity index (χ3n) is 11.3. The lowest BCUT2D eigenvalue weighted by molar-refractivity contribution is -0.145. The molecule has 0 radical (unpaired) electrons. The van der Waals surface area contributed by atoms with E-state index in [4.69, 9.17) is 0 Å². The van der Waals surface area contributed by atoms with Crippen molar-refractivity contribution >= 4 is 64.3 Å². The Bertz CT molecular complexity index is 1550. The molecule has 2 N–H and O–H groups in total. The number of nitrogens with zero attached hydrogens (tertiary/aromatic N) is 1. The summed E-state index contributed by atoms with van der Waals surface area (Å²) in [5, 5.41) is 3.10. The maximum atomic E-state index is 14.8. The number of aryl methyl sites for hydroxylation is 1. The second-order valence-electron chi connectivity index (χ2n) is 16.3. The van der Waals surface area contributed by atoms with Crippen molar-refractivity contribution in [3.8, 4) is 0 Å². The van der Waals surface area contributed by atoms with E-state index in [2.05, 4.69) is 10.3 Å². The zero-order valence-electron chi connectivity index (χ0n) is 32.4. The van der Waals surface area contributed by atoms with Gasteiger partial charge in [-0.05, 0) is 74.9 Å². The predicted octanol–water partition coefficient (Wildman–Crippen LogP) is 6.84. The second-order valence-corrected chi connectivity index (χ2v) is 19.6. The topological polar surface area (TPSA) is 151 Å². The van der Waals surface area contributed by atoms with Crippen LogP contribution in [0, 0.1) is 37.0 Å².